The van der Waals surface area contributed by atoms with Crippen LogP contribution in [0.15, 0.2) is 27.6 Å². The second-order valence-electron chi connectivity index (χ2n) is 4.61. The number of piperidine rings is 1. The first kappa shape index (κ1) is 15.3. The molecule has 0 unspecified atom stereocenters. The van der Waals surface area contributed by atoms with Gasteiger partial charge in [0.1, 0.15) is 0 Å². The van der Waals surface area contributed by atoms with Gasteiger partial charge in [-0.2, -0.15) is 4.31 Å². The minimum atomic E-state index is -3.47. The molecule has 0 bridgehead atoms. The Morgan fingerprint density at radius 1 is 1.37 bits per heavy atom. The van der Waals surface area contributed by atoms with Crippen molar-refractivity contribution in [2.45, 2.75) is 17.7 Å². The third-order valence-electron chi connectivity index (χ3n) is 3.36. The van der Waals surface area contributed by atoms with Crippen molar-refractivity contribution in [2.24, 2.45) is 5.92 Å². The van der Waals surface area contributed by atoms with Crippen molar-refractivity contribution in [1.82, 2.24) is 4.31 Å². The summed E-state index contributed by atoms with van der Waals surface area (Å²) in [5.41, 5.74) is 0. The molecular weight excluding hydrogens is 354 g/mol. The van der Waals surface area contributed by atoms with Crippen LogP contribution >= 0.6 is 27.5 Å². The highest BCUT2D eigenvalue weighted by Gasteiger charge is 2.29. The minimum Gasteiger partial charge on any atom is -0.396 e. The number of aliphatic hydroxyl groups excluding tert-OH is 1. The zero-order valence-corrected chi connectivity index (χ0v) is 13.4. The zero-order valence-electron chi connectivity index (χ0n) is 10.2. The molecule has 1 saturated heterocycles. The smallest absolute Gasteiger partial charge is 0.243 e. The van der Waals surface area contributed by atoms with Crippen molar-refractivity contribution >= 4 is 37.6 Å². The van der Waals surface area contributed by atoms with Crippen molar-refractivity contribution in [3.05, 3.63) is 27.7 Å². The lowest BCUT2D eigenvalue weighted by molar-refractivity contribution is 0.170. The summed E-state index contributed by atoms with van der Waals surface area (Å²) in [7, 11) is -3.47. The summed E-state index contributed by atoms with van der Waals surface area (Å²) in [4.78, 5) is 0.242. The highest BCUT2D eigenvalue weighted by molar-refractivity contribution is 9.10. The third-order valence-corrected chi connectivity index (χ3v) is 6.47. The Morgan fingerprint density at radius 3 is 2.53 bits per heavy atom. The Bertz CT molecular complexity index is 556. The van der Waals surface area contributed by atoms with E-state index < -0.39 is 10.0 Å². The molecule has 1 aromatic carbocycles. The van der Waals surface area contributed by atoms with Crippen LogP contribution in [0.2, 0.25) is 5.02 Å². The van der Waals surface area contributed by atoms with Crippen LogP contribution in [0.4, 0.5) is 0 Å². The Hall–Kier alpha value is -0.140. The molecule has 0 spiro atoms. The maximum Gasteiger partial charge on any atom is 0.243 e. The number of nitrogens with zero attached hydrogens (tertiary/aromatic N) is 1. The topological polar surface area (TPSA) is 57.6 Å². The molecule has 1 aromatic rings. The molecule has 0 radical (unpaired) electrons. The van der Waals surface area contributed by atoms with Gasteiger partial charge in [-0.1, -0.05) is 11.6 Å². The van der Waals surface area contributed by atoms with Crippen molar-refractivity contribution in [2.75, 3.05) is 19.7 Å². The van der Waals surface area contributed by atoms with E-state index in [4.69, 9.17) is 16.7 Å². The SMILES string of the molecule is O=S(=O)(c1ccc(Cl)c(Br)c1)N1CCC(CO)CC1. The molecule has 1 fully saturated rings. The molecule has 0 amide bonds. The van der Waals surface area contributed by atoms with Gasteiger partial charge < -0.3 is 5.11 Å². The number of rotatable bonds is 3. The molecular formula is C12H15BrClNO3S. The van der Waals surface area contributed by atoms with Crippen molar-refractivity contribution in [1.29, 1.82) is 0 Å². The molecule has 1 N–H and O–H groups in total. The highest BCUT2D eigenvalue weighted by atomic mass is 79.9. The molecule has 1 aliphatic rings. The van der Waals surface area contributed by atoms with Crippen molar-refractivity contribution < 1.29 is 13.5 Å². The van der Waals surface area contributed by atoms with Crippen LogP contribution in [0, 0.1) is 5.92 Å². The molecule has 0 aromatic heterocycles. The van der Waals surface area contributed by atoms with E-state index in [0.29, 0.717) is 35.4 Å². The number of sulfonamides is 1. The first-order valence-electron chi connectivity index (χ1n) is 6.01. The Kier molecular flexibility index (Phi) is 4.89. The van der Waals surface area contributed by atoms with Gasteiger partial charge in [-0.05, 0) is 52.9 Å². The molecule has 7 heteroatoms. The van der Waals surface area contributed by atoms with Gasteiger partial charge >= 0.3 is 0 Å². The Balaban J connectivity index is 2.21. The molecule has 4 nitrogen and oxygen atoms in total. The average Bonchev–Trinajstić information content (AvgIpc) is 2.41. The van der Waals surface area contributed by atoms with E-state index in [9.17, 15) is 8.42 Å². The van der Waals surface area contributed by atoms with Crippen LogP contribution < -0.4 is 0 Å². The first-order chi connectivity index (χ1) is 8.95. The number of aliphatic hydroxyl groups is 1. The van der Waals surface area contributed by atoms with Crippen LogP contribution in [0.1, 0.15) is 12.8 Å². The second-order valence-corrected chi connectivity index (χ2v) is 7.81. The van der Waals surface area contributed by atoms with Crippen LogP contribution in [0.5, 0.6) is 0 Å². The molecule has 106 valence electrons. The fourth-order valence-corrected chi connectivity index (χ4v) is 4.26. The molecule has 1 heterocycles. The number of benzene rings is 1. The molecule has 2 rings (SSSR count). The standard InChI is InChI=1S/C12H15BrClNO3S/c13-11-7-10(1-2-12(11)14)19(17,18)15-5-3-9(8-16)4-6-15/h1-2,7,9,16H,3-6,8H2. The van der Waals surface area contributed by atoms with Gasteiger partial charge in [0.25, 0.3) is 0 Å². The predicted octanol–water partition coefficient (Wildman–Crippen LogP) is 2.50. The number of hydrogen-bond acceptors (Lipinski definition) is 3. The van der Waals surface area contributed by atoms with E-state index in [1.165, 1.54) is 16.4 Å². The Morgan fingerprint density at radius 2 is 2.00 bits per heavy atom. The van der Waals surface area contributed by atoms with Gasteiger partial charge in [0.15, 0.2) is 0 Å². The summed E-state index contributed by atoms with van der Waals surface area (Å²) in [6, 6.07) is 4.61. The van der Waals surface area contributed by atoms with E-state index in [1.807, 2.05) is 0 Å². The van der Waals surface area contributed by atoms with Gasteiger partial charge in [-0.15, -0.1) is 0 Å². The van der Waals surface area contributed by atoms with Crippen LogP contribution in [-0.4, -0.2) is 37.5 Å². The molecule has 19 heavy (non-hydrogen) atoms. The predicted molar refractivity (Wildman–Crippen MR) is 77.7 cm³/mol. The quantitative estimate of drug-likeness (QED) is 0.892. The van der Waals surface area contributed by atoms with Crippen LogP contribution in [-0.2, 0) is 10.0 Å². The largest absolute Gasteiger partial charge is 0.396 e. The monoisotopic (exact) mass is 367 g/mol. The van der Waals surface area contributed by atoms with Gasteiger partial charge in [-0.25, -0.2) is 8.42 Å². The van der Waals surface area contributed by atoms with Gasteiger partial charge in [-0.3, -0.25) is 0 Å². The van der Waals surface area contributed by atoms with Crippen LogP contribution in [0.25, 0.3) is 0 Å². The number of hydrogen-bond donors (Lipinski definition) is 1. The zero-order chi connectivity index (χ0) is 14.0. The van der Waals surface area contributed by atoms with E-state index >= 15 is 0 Å². The van der Waals surface area contributed by atoms with E-state index in [2.05, 4.69) is 15.9 Å². The molecule has 0 atom stereocenters. The van der Waals surface area contributed by atoms with E-state index in [1.54, 1.807) is 6.07 Å². The summed E-state index contributed by atoms with van der Waals surface area (Å²) in [6.07, 6.45) is 1.40. The third kappa shape index (κ3) is 3.31. The van der Waals surface area contributed by atoms with E-state index in [0.717, 1.165) is 0 Å². The van der Waals surface area contributed by atoms with Crippen LogP contribution in [0.3, 0.4) is 0 Å². The van der Waals surface area contributed by atoms with E-state index in [-0.39, 0.29) is 17.4 Å². The fraction of sp³-hybridized carbons (Fsp3) is 0.500. The van der Waals surface area contributed by atoms with Crippen molar-refractivity contribution in [3.8, 4) is 0 Å². The lowest BCUT2D eigenvalue weighted by atomic mass is 10.00. The van der Waals surface area contributed by atoms with Gasteiger partial charge in [0.05, 0.1) is 9.92 Å². The van der Waals surface area contributed by atoms with Gasteiger partial charge in [0.2, 0.25) is 10.0 Å². The molecule has 1 aliphatic heterocycles. The lowest BCUT2D eigenvalue weighted by Gasteiger charge is -2.30. The minimum absolute atomic E-state index is 0.125. The normalized spacial score (nSPS) is 18.7. The maximum absolute atomic E-state index is 12.4. The Labute approximate surface area is 126 Å². The maximum atomic E-state index is 12.4. The highest BCUT2D eigenvalue weighted by Crippen LogP contribution is 2.28. The lowest BCUT2D eigenvalue weighted by Crippen LogP contribution is -2.39. The summed E-state index contributed by atoms with van der Waals surface area (Å²) < 4.78 is 26.9. The number of halogens is 2. The average molecular weight is 369 g/mol. The summed E-state index contributed by atoms with van der Waals surface area (Å²) in [5, 5.41) is 9.56. The van der Waals surface area contributed by atoms with Crippen molar-refractivity contribution in [3.63, 3.8) is 0 Å². The van der Waals surface area contributed by atoms with Gasteiger partial charge in [0, 0.05) is 24.2 Å². The second kappa shape index (κ2) is 6.10. The molecule has 0 saturated carbocycles. The summed E-state index contributed by atoms with van der Waals surface area (Å²) in [6.45, 7) is 1.03. The fourth-order valence-electron chi connectivity index (χ4n) is 2.12. The first-order valence-corrected chi connectivity index (χ1v) is 8.62. The molecule has 0 aliphatic carbocycles. The summed E-state index contributed by atoms with van der Waals surface area (Å²) >= 11 is 9.11. The summed E-state index contributed by atoms with van der Waals surface area (Å²) in [5.74, 6) is 0.211.